The van der Waals surface area contributed by atoms with Crippen LogP contribution in [0.15, 0.2) is 24.5 Å². The number of rotatable bonds is 4. The van der Waals surface area contributed by atoms with Gasteiger partial charge in [-0.3, -0.25) is 9.36 Å². The van der Waals surface area contributed by atoms with E-state index >= 15 is 0 Å². The molecular formula is C20H20F3N3O4. The molecule has 2 aliphatic heterocycles. The molecule has 1 unspecified atom stereocenters. The van der Waals surface area contributed by atoms with Gasteiger partial charge in [-0.2, -0.15) is 13.2 Å². The summed E-state index contributed by atoms with van der Waals surface area (Å²) in [6, 6.07) is 4.46. The summed E-state index contributed by atoms with van der Waals surface area (Å²) in [5.41, 5.74) is 1.02. The summed E-state index contributed by atoms with van der Waals surface area (Å²) >= 11 is 0. The third-order valence-corrected chi connectivity index (χ3v) is 5.51. The number of aromatic nitrogens is 2. The number of ether oxygens (including phenoxy) is 2. The first-order chi connectivity index (χ1) is 14.3. The number of esters is 1. The Bertz CT molecular complexity index is 1000. The van der Waals surface area contributed by atoms with Crippen molar-refractivity contribution in [1.29, 1.82) is 0 Å². The number of carbonyl (C=O) groups is 2. The Labute approximate surface area is 170 Å². The second-order valence-electron chi connectivity index (χ2n) is 7.23. The highest BCUT2D eigenvalue weighted by Gasteiger charge is 2.44. The van der Waals surface area contributed by atoms with Crippen LogP contribution in [0.25, 0.3) is 5.69 Å². The van der Waals surface area contributed by atoms with Crippen LogP contribution in [0, 0.1) is 0 Å². The zero-order valence-electron chi connectivity index (χ0n) is 16.4. The van der Waals surface area contributed by atoms with Crippen LogP contribution >= 0.6 is 0 Å². The monoisotopic (exact) mass is 423 g/mol. The van der Waals surface area contributed by atoms with Crippen molar-refractivity contribution in [3.8, 4) is 11.4 Å². The van der Waals surface area contributed by atoms with E-state index in [0.717, 1.165) is 0 Å². The van der Waals surface area contributed by atoms with Crippen molar-refractivity contribution in [2.24, 2.45) is 0 Å². The maximum absolute atomic E-state index is 13.2. The standard InChI is InChI=1S/C20H20F3N3O4/c1-3-15(20(21,22)23)30-19(28)16-17-14-5-4-8-25(14)18(27)12-9-11(29-2)6-7-13(12)26(17)10-24-16/h6-7,9-10,14-15H,3-5,8H2,1-2H3/t14-,15?/m0/s1. The molecule has 7 nitrogen and oxygen atoms in total. The topological polar surface area (TPSA) is 73.7 Å². The molecule has 2 aliphatic rings. The van der Waals surface area contributed by atoms with Gasteiger partial charge in [0.2, 0.25) is 0 Å². The predicted molar refractivity (Wildman–Crippen MR) is 98.7 cm³/mol. The molecule has 1 fully saturated rings. The van der Waals surface area contributed by atoms with E-state index in [0.29, 0.717) is 42.1 Å². The first-order valence-electron chi connectivity index (χ1n) is 9.60. The van der Waals surface area contributed by atoms with Crippen LogP contribution in [0.2, 0.25) is 0 Å². The molecule has 2 aromatic rings. The summed E-state index contributed by atoms with van der Waals surface area (Å²) in [7, 11) is 1.49. The number of hydrogen-bond donors (Lipinski definition) is 0. The lowest BCUT2D eigenvalue weighted by atomic mass is 10.1. The number of alkyl halides is 3. The zero-order chi connectivity index (χ0) is 21.6. The normalized spacial score (nSPS) is 18.9. The molecule has 0 radical (unpaired) electrons. The molecular weight excluding hydrogens is 403 g/mol. The third kappa shape index (κ3) is 3.20. The number of methoxy groups -OCH3 is 1. The van der Waals surface area contributed by atoms with Gasteiger partial charge < -0.3 is 14.4 Å². The molecule has 0 aliphatic carbocycles. The van der Waals surface area contributed by atoms with Gasteiger partial charge in [-0.25, -0.2) is 9.78 Å². The quantitative estimate of drug-likeness (QED) is 0.702. The third-order valence-electron chi connectivity index (χ3n) is 5.51. The summed E-state index contributed by atoms with van der Waals surface area (Å²) < 4.78 is 50.8. The Morgan fingerprint density at radius 1 is 1.37 bits per heavy atom. The van der Waals surface area contributed by atoms with E-state index in [1.165, 1.54) is 20.4 Å². The Balaban J connectivity index is 1.82. The van der Waals surface area contributed by atoms with Gasteiger partial charge in [-0.15, -0.1) is 0 Å². The highest BCUT2D eigenvalue weighted by Crippen LogP contribution is 2.41. The Kier molecular flexibility index (Phi) is 4.95. The van der Waals surface area contributed by atoms with Gasteiger partial charge in [0.25, 0.3) is 5.91 Å². The number of fused-ring (bicyclic) bond motifs is 5. The smallest absolute Gasteiger partial charge is 0.425 e. The molecule has 160 valence electrons. The number of nitrogens with zero attached hydrogens (tertiary/aromatic N) is 3. The lowest BCUT2D eigenvalue weighted by Gasteiger charge is -2.23. The van der Waals surface area contributed by atoms with Crippen LogP contribution in [0.4, 0.5) is 13.2 Å². The van der Waals surface area contributed by atoms with Crippen molar-refractivity contribution in [3.63, 3.8) is 0 Å². The number of carbonyl (C=O) groups excluding carboxylic acids is 2. The van der Waals surface area contributed by atoms with Crippen LogP contribution in [-0.4, -0.2) is 52.3 Å². The van der Waals surface area contributed by atoms with E-state index in [4.69, 9.17) is 9.47 Å². The molecule has 1 amide bonds. The fourth-order valence-electron chi connectivity index (χ4n) is 4.06. The van der Waals surface area contributed by atoms with E-state index in [9.17, 15) is 22.8 Å². The lowest BCUT2D eigenvalue weighted by Crippen LogP contribution is -2.34. The van der Waals surface area contributed by atoms with Crippen molar-refractivity contribution in [1.82, 2.24) is 14.5 Å². The van der Waals surface area contributed by atoms with E-state index < -0.39 is 30.7 Å². The molecule has 0 N–H and O–H groups in total. The van der Waals surface area contributed by atoms with Gasteiger partial charge in [0.1, 0.15) is 12.1 Å². The van der Waals surface area contributed by atoms with Crippen LogP contribution in [0.1, 0.15) is 58.8 Å². The minimum atomic E-state index is -4.67. The minimum absolute atomic E-state index is 0.203. The molecule has 3 heterocycles. The Morgan fingerprint density at radius 2 is 2.13 bits per heavy atom. The minimum Gasteiger partial charge on any atom is -0.497 e. The van der Waals surface area contributed by atoms with Gasteiger partial charge in [-0.1, -0.05) is 6.92 Å². The number of amides is 1. The lowest BCUT2D eigenvalue weighted by molar-refractivity contribution is -0.204. The number of halogens is 3. The van der Waals surface area contributed by atoms with Crippen molar-refractivity contribution in [2.75, 3.05) is 13.7 Å². The van der Waals surface area contributed by atoms with Gasteiger partial charge in [-0.05, 0) is 37.5 Å². The van der Waals surface area contributed by atoms with Gasteiger partial charge in [0.05, 0.1) is 30.1 Å². The number of benzene rings is 1. The van der Waals surface area contributed by atoms with E-state index in [1.54, 1.807) is 27.7 Å². The van der Waals surface area contributed by atoms with E-state index in [-0.39, 0.29) is 11.6 Å². The number of hydrogen-bond acceptors (Lipinski definition) is 5. The molecule has 1 aromatic carbocycles. The second-order valence-corrected chi connectivity index (χ2v) is 7.23. The predicted octanol–water partition coefficient (Wildman–Crippen LogP) is 3.67. The average molecular weight is 423 g/mol. The molecule has 30 heavy (non-hydrogen) atoms. The molecule has 0 saturated carbocycles. The van der Waals surface area contributed by atoms with Crippen LogP contribution in [0.3, 0.4) is 0 Å². The largest absolute Gasteiger partial charge is 0.497 e. The van der Waals surface area contributed by atoms with E-state index in [2.05, 4.69) is 4.98 Å². The Morgan fingerprint density at radius 3 is 2.80 bits per heavy atom. The zero-order valence-corrected chi connectivity index (χ0v) is 16.4. The summed E-state index contributed by atoms with van der Waals surface area (Å²) in [5.74, 6) is -0.877. The average Bonchev–Trinajstić information content (AvgIpc) is 3.34. The van der Waals surface area contributed by atoms with Gasteiger partial charge in [0, 0.05) is 6.54 Å². The van der Waals surface area contributed by atoms with Crippen molar-refractivity contribution in [2.45, 2.75) is 44.5 Å². The van der Waals surface area contributed by atoms with Crippen molar-refractivity contribution < 1.29 is 32.2 Å². The molecule has 2 atom stereocenters. The fraction of sp³-hybridized carbons (Fsp3) is 0.450. The fourth-order valence-corrected chi connectivity index (χ4v) is 4.06. The molecule has 4 rings (SSSR count). The number of imidazole rings is 1. The summed E-state index contributed by atoms with van der Waals surface area (Å²) in [6.45, 7) is 1.76. The van der Waals surface area contributed by atoms with Gasteiger partial charge in [0.15, 0.2) is 11.8 Å². The van der Waals surface area contributed by atoms with Crippen LogP contribution in [0.5, 0.6) is 5.75 Å². The highest BCUT2D eigenvalue weighted by molar-refractivity contribution is 6.00. The molecule has 0 bridgehead atoms. The van der Waals surface area contributed by atoms with E-state index in [1.807, 2.05) is 0 Å². The SMILES string of the molecule is CCC(OC(=O)c1ncn2c1[C@@H]1CCCN1C(=O)c1cc(OC)ccc1-2)C(F)(F)F. The van der Waals surface area contributed by atoms with Crippen LogP contribution < -0.4 is 4.74 Å². The summed E-state index contributed by atoms with van der Waals surface area (Å²) in [5, 5.41) is 0. The highest BCUT2D eigenvalue weighted by atomic mass is 19.4. The first kappa shape index (κ1) is 20.2. The second kappa shape index (κ2) is 7.33. The maximum Gasteiger partial charge on any atom is 0.425 e. The van der Waals surface area contributed by atoms with Crippen molar-refractivity contribution >= 4 is 11.9 Å². The van der Waals surface area contributed by atoms with Crippen molar-refractivity contribution in [3.05, 3.63) is 41.5 Å². The molecule has 1 saturated heterocycles. The van der Waals surface area contributed by atoms with Gasteiger partial charge >= 0.3 is 12.1 Å². The maximum atomic E-state index is 13.2. The summed E-state index contributed by atoms with van der Waals surface area (Å²) in [6.07, 6.45) is -4.66. The first-order valence-corrected chi connectivity index (χ1v) is 9.60. The molecule has 0 spiro atoms. The summed E-state index contributed by atoms with van der Waals surface area (Å²) in [4.78, 5) is 31.5. The molecule has 1 aromatic heterocycles. The Hall–Kier alpha value is -3.04. The van der Waals surface area contributed by atoms with Crippen LogP contribution in [-0.2, 0) is 4.74 Å². The molecule has 10 heteroatoms.